The van der Waals surface area contributed by atoms with Crippen molar-refractivity contribution in [2.75, 3.05) is 20.2 Å². The molecule has 1 aromatic heterocycles. The Kier molecular flexibility index (Phi) is 5.21. The van der Waals surface area contributed by atoms with Crippen molar-refractivity contribution >= 4 is 5.91 Å². The third-order valence-electron chi connectivity index (χ3n) is 4.02. The minimum absolute atomic E-state index is 0.00626. The van der Waals surface area contributed by atoms with Crippen LogP contribution in [0.5, 0.6) is 11.5 Å². The number of aryl methyl sites for hydroxylation is 1. The van der Waals surface area contributed by atoms with Gasteiger partial charge in [0.05, 0.1) is 6.54 Å². The molecule has 2 aromatic rings. The van der Waals surface area contributed by atoms with Gasteiger partial charge in [-0.3, -0.25) is 4.79 Å². The largest absolute Gasteiger partial charge is 0.486 e. The highest BCUT2D eigenvalue weighted by Crippen LogP contribution is 2.30. The number of hydrogen-bond donors (Lipinski definition) is 0. The Balaban J connectivity index is 1.48. The molecule has 7 heteroatoms. The summed E-state index contributed by atoms with van der Waals surface area (Å²) >= 11 is 0. The predicted octanol–water partition coefficient (Wildman–Crippen LogP) is 2.42. The van der Waals surface area contributed by atoms with E-state index in [0.717, 1.165) is 5.75 Å². The van der Waals surface area contributed by atoms with E-state index in [-0.39, 0.29) is 17.9 Å². The van der Waals surface area contributed by atoms with E-state index in [1.807, 2.05) is 38.1 Å². The van der Waals surface area contributed by atoms with E-state index in [4.69, 9.17) is 14.0 Å². The van der Waals surface area contributed by atoms with Gasteiger partial charge >= 0.3 is 0 Å². The predicted molar refractivity (Wildman–Crippen MR) is 90.7 cm³/mol. The summed E-state index contributed by atoms with van der Waals surface area (Å²) in [5.74, 6) is 2.84. The Morgan fingerprint density at radius 2 is 2.08 bits per heavy atom. The van der Waals surface area contributed by atoms with Gasteiger partial charge in [-0.2, -0.15) is 4.98 Å². The summed E-state index contributed by atoms with van der Waals surface area (Å²) in [5, 5.41) is 3.91. The van der Waals surface area contributed by atoms with Crippen LogP contribution in [0.25, 0.3) is 0 Å². The summed E-state index contributed by atoms with van der Waals surface area (Å²) < 4.78 is 16.7. The molecule has 0 saturated carbocycles. The Morgan fingerprint density at radius 3 is 2.80 bits per heavy atom. The molecule has 0 saturated heterocycles. The van der Waals surface area contributed by atoms with Gasteiger partial charge in [0.15, 0.2) is 23.4 Å². The van der Waals surface area contributed by atoms with Gasteiger partial charge in [-0.05, 0) is 12.1 Å². The van der Waals surface area contributed by atoms with Gasteiger partial charge in [0.2, 0.25) is 11.8 Å². The zero-order valence-electron chi connectivity index (χ0n) is 14.8. The van der Waals surface area contributed by atoms with Crippen molar-refractivity contribution in [3.05, 3.63) is 36.0 Å². The maximum absolute atomic E-state index is 12.3. The Hall–Kier alpha value is -2.57. The van der Waals surface area contributed by atoms with E-state index in [2.05, 4.69) is 10.1 Å². The number of ether oxygens (including phenoxy) is 2. The molecule has 0 radical (unpaired) electrons. The topological polar surface area (TPSA) is 77.7 Å². The number of hydrogen-bond acceptors (Lipinski definition) is 6. The number of aromatic nitrogens is 2. The lowest BCUT2D eigenvalue weighted by molar-refractivity contribution is -0.131. The van der Waals surface area contributed by atoms with Gasteiger partial charge in [-0.1, -0.05) is 31.1 Å². The van der Waals surface area contributed by atoms with Crippen LogP contribution >= 0.6 is 0 Å². The van der Waals surface area contributed by atoms with Gasteiger partial charge in [0, 0.05) is 25.8 Å². The zero-order valence-corrected chi connectivity index (χ0v) is 14.8. The molecule has 134 valence electrons. The Labute approximate surface area is 146 Å². The van der Waals surface area contributed by atoms with Crippen LogP contribution in [0.4, 0.5) is 0 Å². The average molecular weight is 345 g/mol. The van der Waals surface area contributed by atoms with Crippen LogP contribution in [0.1, 0.15) is 37.9 Å². The number of para-hydroxylation sites is 2. The first kappa shape index (κ1) is 17.3. The molecular weight excluding hydrogens is 322 g/mol. The molecule has 1 amide bonds. The normalized spacial score (nSPS) is 16.1. The van der Waals surface area contributed by atoms with Crippen molar-refractivity contribution in [3.63, 3.8) is 0 Å². The van der Waals surface area contributed by atoms with Crippen LogP contribution in [0.2, 0.25) is 0 Å². The molecule has 0 spiro atoms. The molecule has 25 heavy (non-hydrogen) atoms. The van der Waals surface area contributed by atoms with Crippen molar-refractivity contribution in [1.82, 2.24) is 15.0 Å². The van der Waals surface area contributed by atoms with Crippen LogP contribution in [-0.4, -0.2) is 47.3 Å². The number of rotatable bonds is 6. The van der Waals surface area contributed by atoms with Gasteiger partial charge in [0.25, 0.3) is 0 Å². The second kappa shape index (κ2) is 7.55. The quantitative estimate of drug-likeness (QED) is 0.800. The third-order valence-corrected chi connectivity index (χ3v) is 4.02. The fourth-order valence-electron chi connectivity index (χ4n) is 2.57. The van der Waals surface area contributed by atoms with E-state index in [1.165, 1.54) is 0 Å². The zero-order chi connectivity index (χ0) is 17.8. The molecule has 7 nitrogen and oxygen atoms in total. The highest BCUT2D eigenvalue weighted by Gasteiger charge is 2.24. The molecule has 0 N–H and O–H groups in total. The number of carbonyl (C=O) groups excluding carboxylic acids is 1. The van der Waals surface area contributed by atoms with Gasteiger partial charge < -0.3 is 18.9 Å². The van der Waals surface area contributed by atoms with Crippen molar-refractivity contribution in [1.29, 1.82) is 0 Å². The number of carbonyl (C=O) groups is 1. The van der Waals surface area contributed by atoms with E-state index in [0.29, 0.717) is 43.5 Å². The highest BCUT2D eigenvalue weighted by molar-refractivity contribution is 5.76. The molecular formula is C18H23N3O4. The minimum atomic E-state index is -0.181. The maximum atomic E-state index is 12.3. The van der Waals surface area contributed by atoms with Gasteiger partial charge in [-0.15, -0.1) is 0 Å². The van der Waals surface area contributed by atoms with Gasteiger partial charge in [0.1, 0.15) is 6.61 Å². The van der Waals surface area contributed by atoms with E-state index in [9.17, 15) is 4.79 Å². The summed E-state index contributed by atoms with van der Waals surface area (Å²) in [5.41, 5.74) is 0. The summed E-state index contributed by atoms with van der Waals surface area (Å²) in [7, 11) is 1.76. The molecule has 1 atom stereocenters. The summed E-state index contributed by atoms with van der Waals surface area (Å²) in [6.07, 6.45) is 0.577. The lowest BCUT2D eigenvalue weighted by Crippen LogP contribution is -2.41. The molecule has 3 rings (SSSR count). The SMILES string of the molecule is CC(C)c1noc(CCC(=O)N(C)CC2COc3ccccc3O2)n1. The molecule has 2 heterocycles. The Bertz CT molecular complexity index is 729. The molecule has 0 bridgehead atoms. The summed E-state index contributed by atoms with van der Waals surface area (Å²) in [6, 6.07) is 7.54. The lowest BCUT2D eigenvalue weighted by Gasteiger charge is -2.29. The minimum Gasteiger partial charge on any atom is -0.486 e. The molecule has 1 aliphatic heterocycles. The fraction of sp³-hybridized carbons (Fsp3) is 0.500. The number of amides is 1. The standard InChI is InChI=1S/C18H23N3O4/c1-12(2)18-19-16(25-20-18)8-9-17(22)21(3)10-13-11-23-14-6-4-5-7-15(14)24-13/h4-7,12-13H,8-11H2,1-3H3. The lowest BCUT2D eigenvalue weighted by atomic mass is 10.2. The first-order valence-electron chi connectivity index (χ1n) is 8.48. The highest BCUT2D eigenvalue weighted by atomic mass is 16.6. The van der Waals surface area contributed by atoms with Crippen molar-refractivity contribution in [2.45, 2.75) is 38.7 Å². The van der Waals surface area contributed by atoms with Gasteiger partial charge in [-0.25, -0.2) is 0 Å². The first-order chi connectivity index (χ1) is 12.0. The van der Waals surface area contributed by atoms with Crippen molar-refractivity contribution in [2.24, 2.45) is 0 Å². The summed E-state index contributed by atoms with van der Waals surface area (Å²) in [4.78, 5) is 18.3. The first-order valence-corrected chi connectivity index (χ1v) is 8.48. The van der Waals surface area contributed by atoms with Crippen LogP contribution < -0.4 is 9.47 Å². The second-order valence-corrected chi connectivity index (χ2v) is 6.47. The molecule has 0 fully saturated rings. The van der Waals surface area contributed by atoms with Crippen molar-refractivity contribution in [3.8, 4) is 11.5 Å². The van der Waals surface area contributed by atoms with Crippen LogP contribution in [0.3, 0.4) is 0 Å². The fourth-order valence-corrected chi connectivity index (χ4v) is 2.57. The summed E-state index contributed by atoms with van der Waals surface area (Å²) in [6.45, 7) is 4.89. The number of likely N-dealkylation sites (N-methyl/N-ethyl adjacent to an activating group) is 1. The van der Waals surface area contributed by atoms with Crippen molar-refractivity contribution < 1.29 is 18.8 Å². The van der Waals surface area contributed by atoms with E-state index >= 15 is 0 Å². The maximum Gasteiger partial charge on any atom is 0.227 e. The molecule has 1 aliphatic rings. The molecule has 0 aliphatic carbocycles. The molecule has 1 aromatic carbocycles. The van der Waals surface area contributed by atoms with Crippen LogP contribution in [0.15, 0.2) is 28.8 Å². The average Bonchev–Trinajstić information content (AvgIpc) is 3.09. The number of fused-ring (bicyclic) bond motifs is 1. The van der Waals surface area contributed by atoms with Crippen LogP contribution in [-0.2, 0) is 11.2 Å². The smallest absolute Gasteiger partial charge is 0.227 e. The van der Waals surface area contributed by atoms with E-state index in [1.54, 1.807) is 11.9 Å². The monoisotopic (exact) mass is 345 g/mol. The third kappa shape index (κ3) is 4.29. The van der Waals surface area contributed by atoms with E-state index < -0.39 is 0 Å². The molecule has 1 unspecified atom stereocenters. The number of nitrogens with zero attached hydrogens (tertiary/aromatic N) is 3. The van der Waals surface area contributed by atoms with Crippen LogP contribution in [0, 0.1) is 0 Å². The Morgan fingerprint density at radius 1 is 1.32 bits per heavy atom. The number of benzene rings is 1. The second-order valence-electron chi connectivity index (χ2n) is 6.47.